The van der Waals surface area contributed by atoms with Gasteiger partial charge in [0.15, 0.2) is 0 Å². The predicted molar refractivity (Wildman–Crippen MR) is 49.3 cm³/mol. The Labute approximate surface area is 77.5 Å². The molecule has 1 aliphatic rings. The maximum absolute atomic E-state index is 9.94. The van der Waals surface area contributed by atoms with Gasteiger partial charge in [0.2, 0.25) is 0 Å². The molecule has 0 amide bonds. The third-order valence-corrected chi connectivity index (χ3v) is 2.35. The summed E-state index contributed by atoms with van der Waals surface area (Å²) in [5.74, 6) is 0.793. The normalized spacial score (nSPS) is 15.4. The summed E-state index contributed by atoms with van der Waals surface area (Å²) in [6.45, 7) is 0.864. The van der Waals surface area contributed by atoms with Gasteiger partial charge in [-0.2, -0.15) is 0 Å². The van der Waals surface area contributed by atoms with Gasteiger partial charge >= 0.3 is 0 Å². The van der Waals surface area contributed by atoms with Crippen molar-refractivity contribution in [3.05, 3.63) is 35.4 Å². The quantitative estimate of drug-likeness (QED) is 0.657. The first-order chi connectivity index (χ1) is 6.40. The van der Waals surface area contributed by atoms with Crippen LogP contribution in [0.25, 0.3) is 0 Å². The lowest BCUT2D eigenvalue weighted by Gasteiger charge is -2.01. The molecule has 0 N–H and O–H groups in total. The molecule has 2 rings (SSSR count). The third-order valence-electron chi connectivity index (χ3n) is 2.35. The maximum Gasteiger partial charge on any atom is 0.293 e. The minimum absolute atomic E-state index is 0.383. The Morgan fingerprint density at radius 1 is 1.31 bits per heavy atom. The molecular formula is C11H12O2. The van der Waals surface area contributed by atoms with Crippen LogP contribution in [0.15, 0.2) is 24.3 Å². The lowest BCUT2D eigenvalue weighted by atomic mass is 10.1. The van der Waals surface area contributed by atoms with Crippen molar-refractivity contribution < 1.29 is 9.53 Å². The Kier molecular flexibility index (Phi) is 2.30. The van der Waals surface area contributed by atoms with Crippen molar-refractivity contribution in [2.45, 2.75) is 25.4 Å². The van der Waals surface area contributed by atoms with Gasteiger partial charge in [-0.25, -0.2) is 0 Å². The fourth-order valence-electron chi connectivity index (χ4n) is 1.43. The Balaban J connectivity index is 2.00. The second-order valence-electron chi connectivity index (χ2n) is 3.42. The molecule has 2 heteroatoms. The Morgan fingerprint density at radius 2 is 2.00 bits per heavy atom. The SMILES string of the molecule is O=COCc1ccc(C2CC2)cc1. The Hall–Kier alpha value is -1.31. The molecule has 0 atom stereocenters. The lowest BCUT2D eigenvalue weighted by Crippen LogP contribution is -1.90. The highest BCUT2D eigenvalue weighted by Crippen LogP contribution is 2.39. The van der Waals surface area contributed by atoms with E-state index in [1.54, 1.807) is 0 Å². The zero-order valence-corrected chi connectivity index (χ0v) is 7.40. The summed E-state index contributed by atoms with van der Waals surface area (Å²) in [6, 6.07) is 8.30. The standard InChI is InChI=1S/C11H12O2/c12-8-13-7-9-1-3-10(4-2-9)11-5-6-11/h1-4,8,11H,5-7H2. The monoisotopic (exact) mass is 176 g/mol. The van der Waals surface area contributed by atoms with E-state index in [1.807, 2.05) is 12.1 Å². The summed E-state index contributed by atoms with van der Waals surface area (Å²) in [6.07, 6.45) is 2.65. The van der Waals surface area contributed by atoms with Crippen LogP contribution >= 0.6 is 0 Å². The van der Waals surface area contributed by atoms with Gasteiger partial charge in [-0.15, -0.1) is 0 Å². The summed E-state index contributed by atoms with van der Waals surface area (Å²) < 4.78 is 4.65. The molecule has 1 aromatic rings. The molecule has 0 unspecified atom stereocenters. The van der Waals surface area contributed by atoms with E-state index in [0.29, 0.717) is 13.1 Å². The second-order valence-corrected chi connectivity index (χ2v) is 3.42. The molecule has 2 nitrogen and oxygen atoms in total. The minimum Gasteiger partial charge on any atom is -0.463 e. The molecule has 0 aliphatic heterocycles. The van der Waals surface area contributed by atoms with Crippen LogP contribution in [-0.4, -0.2) is 6.47 Å². The van der Waals surface area contributed by atoms with Crippen molar-refractivity contribution in [3.63, 3.8) is 0 Å². The van der Waals surface area contributed by atoms with Crippen molar-refractivity contribution >= 4 is 6.47 Å². The van der Waals surface area contributed by atoms with Gasteiger partial charge in [0.05, 0.1) is 0 Å². The van der Waals surface area contributed by atoms with E-state index >= 15 is 0 Å². The first-order valence-corrected chi connectivity index (χ1v) is 4.54. The molecule has 0 heterocycles. The van der Waals surface area contributed by atoms with Crippen LogP contribution in [0.5, 0.6) is 0 Å². The summed E-state index contributed by atoms with van der Waals surface area (Å²) >= 11 is 0. The summed E-state index contributed by atoms with van der Waals surface area (Å²) in [7, 11) is 0. The minimum atomic E-state index is 0.383. The first kappa shape index (κ1) is 8.30. The van der Waals surface area contributed by atoms with E-state index in [4.69, 9.17) is 0 Å². The molecule has 1 aromatic carbocycles. The lowest BCUT2D eigenvalue weighted by molar-refractivity contribution is -0.129. The van der Waals surface area contributed by atoms with Crippen LogP contribution in [0.3, 0.4) is 0 Å². The molecule has 0 bridgehead atoms. The third kappa shape index (κ3) is 2.08. The molecular weight excluding hydrogens is 164 g/mol. The van der Waals surface area contributed by atoms with Crippen molar-refractivity contribution in [1.29, 1.82) is 0 Å². The fourth-order valence-corrected chi connectivity index (χ4v) is 1.43. The zero-order valence-electron chi connectivity index (χ0n) is 7.40. The number of hydrogen-bond donors (Lipinski definition) is 0. The van der Waals surface area contributed by atoms with E-state index < -0.39 is 0 Å². The summed E-state index contributed by atoms with van der Waals surface area (Å²) in [5.41, 5.74) is 2.46. The molecule has 68 valence electrons. The van der Waals surface area contributed by atoms with Gasteiger partial charge < -0.3 is 4.74 Å². The highest BCUT2D eigenvalue weighted by molar-refractivity contribution is 5.37. The fraction of sp³-hybridized carbons (Fsp3) is 0.364. The number of ether oxygens (including phenoxy) is 1. The molecule has 0 aromatic heterocycles. The topological polar surface area (TPSA) is 26.3 Å². The molecule has 1 saturated carbocycles. The van der Waals surface area contributed by atoms with Crippen LogP contribution in [0.2, 0.25) is 0 Å². The molecule has 0 saturated heterocycles. The second kappa shape index (κ2) is 3.60. The average Bonchev–Trinajstić information content (AvgIpc) is 2.99. The van der Waals surface area contributed by atoms with Gasteiger partial charge in [0.1, 0.15) is 6.61 Å². The van der Waals surface area contributed by atoms with Gasteiger partial charge in [0.25, 0.3) is 6.47 Å². The van der Waals surface area contributed by atoms with E-state index in [-0.39, 0.29) is 0 Å². The van der Waals surface area contributed by atoms with Crippen LogP contribution in [0, 0.1) is 0 Å². The van der Waals surface area contributed by atoms with Gasteiger partial charge in [-0.05, 0) is 29.9 Å². The van der Waals surface area contributed by atoms with Gasteiger partial charge in [0, 0.05) is 0 Å². The maximum atomic E-state index is 9.94. The number of carbonyl (C=O) groups is 1. The molecule has 0 radical (unpaired) electrons. The number of benzene rings is 1. The molecule has 0 spiro atoms. The number of hydrogen-bond acceptors (Lipinski definition) is 2. The first-order valence-electron chi connectivity index (χ1n) is 4.54. The van der Waals surface area contributed by atoms with Crippen LogP contribution in [0.4, 0.5) is 0 Å². The van der Waals surface area contributed by atoms with E-state index in [0.717, 1.165) is 11.5 Å². The van der Waals surface area contributed by atoms with Crippen LogP contribution in [-0.2, 0) is 16.1 Å². The zero-order chi connectivity index (χ0) is 9.10. The summed E-state index contributed by atoms with van der Waals surface area (Å²) in [4.78, 5) is 9.94. The van der Waals surface area contributed by atoms with Gasteiger partial charge in [-0.1, -0.05) is 24.3 Å². The largest absolute Gasteiger partial charge is 0.463 e. The van der Waals surface area contributed by atoms with E-state index in [1.165, 1.54) is 18.4 Å². The molecule has 1 aliphatic carbocycles. The average molecular weight is 176 g/mol. The number of carbonyl (C=O) groups excluding carboxylic acids is 1. The Bertz CT molecular complexity index is 285. The highest BCUT2D eigenvalue weighted by Gasteiger charge is 2.22. The number of rotatable bonds is 4. The van der Waals surface area contributed by atoms with Crippen LogP contribution < -0.4 is 0 Å². The smallest absolute Gasteiger partial charge is 0.293 e. The predicted octanol–water partition coefficient (Wildman–Crippen LogP) is 2.24. The van der Waals surface area contributed by atoms with Crippen molar-refractivity contribution in [3.8, 4) is 0 Å². The summed E-state index contributed by atoms with van der Waals surface area (Å²) in [5, 5.41) is 0. The Morgan fingerprint density at radius 3 is 2.54 bits per heavy atom. The van der Waals surface area contributed by atoms with E-state index in [2.05, 4.69) is 16.9 Å². The van der Waals surface area contributed by atoms with Crippen molar-refractivity contribution in [1.82, 2.24) is 0 Å². The van der Waals surface area contributed by atoms with Gasteiger partial charge in [-0.3, -0.25) is 4.79 Å². The van der Waals surface area contributed by atoms with Crippen molar-refractivity contribution in [2.24, 2.45) is 0 Å². The molecule has 13 heavy (non-hydrogen) atoms. The van der Waals surface area contributed by atoms with Crippen LogP contribution in [0.1, 0.15) is 29.9 Å². The van der Waals surface area contributed by atoms with Crippen molar-refractivity contribution in [2.75, 3.05) is 0 Å². The van der Waals surface area contributed by atoms with E-state index in [9.17, 15) is 4.79 Å². The highest BCUT2D eigenvalue weighted by atomic mass is 16.5. The molecule has 1 fully saturated rings.